The van der Waals surface area contributed by atoms with Crippen LogP contribution in [0, 0.1) is 11.3 Å². The molecule has 0 radical (unpaired) electrons. The Hall–Kier alpha value is -2.18. The van der Waals surface area contributed by atoms with Gasteiger partial charge in [0.1, 0.15) is 12.2 Å². The molecule has 7 nitrogen and oxygen atoms in total. The highest BCUT2D eigenvalue weighted by Gasteiger charge is 2.30. The van der Waals surface area contributed by atoms with Gasteiger partial charge in [-0.1, -0.05) is 0 Å². The quantitative estimate of drug-likeness (QED) is 0.485. The van der Waals surface area contributed by atoms with E-state index >= 15 is 0 Å². The largest absolute Gasteiger partial charge is 0.466 e. The molecule has 0 bridgehead atoms. The lowest BCUT2D eigenvalue weighted by Gasteiger charge is -2.21. The minimum absolute atomic E-state index is 0.0599. The molecule has 0 aliphatic heterocycles. The fourth-order valence-electron chi connectivity index (χ4n) is 3.27. The van der Waals surface area contributed by atoms with Crippen LogP contribution >= 0.6 is 0 Å². The van der Waals surface area contributed by atoms with Gasteiger partial charge in [0.15, 0.2) is 0 Å². The molecule has 27 heavy (non-hydrogen) atoms. The number of aromatic nitrogens is 2. The van der Waals surface area contributed by atoms with Gasteiger partial charge in [-0.05, 0) is 58.9 Å². The number of hydrogen-bond donors (Lipinski definition) is 0. The van der Waals surface area contributed by atoms with E-state index in [1.807, 2.05) is 24.7 Å². The Morgan fingerprint density at radius 1 is 1.22 bits per heavy atom. The number of carbonyl (C=O) groups excluding carboxylic acids is 3. The predicted octanol–water partition coefficient (Wildman–Crippen LogP) is 2.49. The van der Waals surface area contributed by atoms with Crippen LogP contribution < -0.4 is 0 Å². The van der Waals surface area contributed by atoms with Crippen LogP contribution in [0.4, 0.5) is 0 Å². The molecule has 2 rings (SSSR count). The molecule has 1 aromatic rings. The summed E-state index contributed by atoms with van der Waals surface area (Å²) in [5.41, 5.74) is 1.49. The molecule has 0 fully saturated rings. The summed E-state index contributed by atoms with van der Waals surface area (Å²) in [5, 5.41) is 4.60. The SMILES string of the molecule is CCOC(=O)CC(=O)C1CCc2nn(CCC(C)(C)C(=O)OCC)cc2C1. The zero-order chi connectivity index (χ0) is 20.0. The van der Waals surface area contributed by atoms with E-state index in [1.54, 1.807) is 13.8 Å². The molecule has 1 aromatic heterocycles. The fourth-order valence-corrected chi connectivity index (χ4v) is 3.27. The maximum atomic E-state index is 12.3. The normalized spacial score (nSPS) is 16.5. The highest BCUT2D eigenvalue weighted by atomic mass is 16.5. The van der Waals surface area contributed by atoms with Gasteiger partial charge in [-0.2, -0.15) is 5.10 Å². The molecule has 1 heterocycles. The molecular weight excluding hydrogens is 348 g/mol. The Balaban J connectivity index is 1.94. The van der Waals surface area contributed by atoms with Crippen molar-refractivity contribution in [3.8, 4) is 0 Å². The molecular formula is C20H30N2O5. The van der Waals surface area contributed by atoms with Crippen molar-refractivity contribution in [1.29, 1.82) is 0 Å². The Morgan fingerprint density at radius 2 is 1.93 bits per heavy atom. The summed E-state index contributed by atoms with van der Waals surface area (Å²) in [6, 6.07) is 0. The standard InChI is InChI=1S/C20H30N2O5/c1-5-26-18(24)12-17(23)14-7-8-16-15(11-14)13-22(21-16)10-9-20(3,4)19(25)27-6-2/h13-14H,5-12H2,1-4H3. The van der Waals surface area contributed by atoms with E-state index in [0.29, 0.717) is 32.4 Å². The first-order valence-corrected chi connectivity index (χ1v) is 9.67. The van der Waals surface area contributed by atoms with Gasteiger partial charge in [-0.3, -0.25) is 19.1 Å². The second-order valence-corrected chi connectivity index (χ2v) is 7.61. The lowest BCUT2D eigenvalue weighted by atomic mass is 9.84. The number of ketones is 1. The number of hydrogen-bond acceptors (Lipinski definition) is 6. The third-order valence-electron chi connectivity index (χ3n) is 4.99. The number of nitrogens with zero attached hydrogens (tertiary/aromatic N) is 2. The molecule has 0 N–H and O–H groups in total. The van der Waals surface area contributed by atoms with Crippen molar-refractivity contribution in [1.82, 2.24) is 9.78 Å². The summed E-state index contributed by atoms with van der Waals surface area (Å²) >= 11 is 0. The summed E-state index contributed by atoms with van der Waals surface area (Å²) in [4.78, 5) is 35.8. The highest BCUT2D eigenvalue weighted by Crippen LogP contribution is 2.28. The topological polar surface area (TPSA) is 87.5 Å². The Kier molecular flexibility index (Phi) is 7.16. The number of aryl methyl sites for hydroxylation is 2. The minimum Gasteiger partial charge on any atom is -0.466 e. The Bertz CT molecular complexity index is 693. The van der Waals surface area contributed by atoms with Gasteiger partial charge < -0.3 is 9.47 Å². The van der Waals surface area contributed by atoms with Gasteiger partial charge in [0.2, 0.25) is 0 Å². The first-order chi connectivity index (χ1) is 12.8. The van der Waals surface area contributed by atoms with Crippen LogP contribution in [-0.2, 0) is 43.2 Å². The van der Waals surface area contributed by atoms with Crippen LogP contribution in [0.3, 0.4) is 0 Å². The molecule has 1 unspecified atom stereocenters. The average molecular weight is 378 g/mol. The number of esters is 2. The molecule has 0 amide bonds. The Labute approximate surface area is 160 Å². The second-order valence-electron chi connectivity index (χ2n) is 7.61. The van der Waals surface area contributed by atoms with Crippen molar-refractivity contribution in [2.24, 2.45) is 11.3 Å². The van der Waals surface area contributed by atoms with Crippen LogP contribution in [0.5, 0.6) is 0 Å². The van der Waals surface area contributed by atoms with Crippen LogP contribution in [0.2, 0.25) is 0 Å². The predicted molar refractivity (Wildman–Crippen MR) is 99.0 cm³/mol. The summed E-state index contributed by atoms with van der Waals surface area (Å²) in [6.07, 6.45) is 4.46. The number of Topliss-reactive ketones (excluding diaryl/α,β-unsaturated/α-hetero) is 1. The zero-order valence-corrected chi connectivity index (χ0v) is 16.7. The van der Waals surface area contributed by atoms with Gasteiger partial charge in [-0.15, -0.1) is 0 Å². The summed E-state index contributed by atoms with van der Waals surface area (Å²) in [7, 11) is 0. The number of carbonyl (C=O) groups is 3. The summed E-state index contributed by atoms with van der Waals surface area (Å²) in [6.45, 7) is 8.55. The molecule has 0 spiro atoms. The van der Waals surface area contributed by atoms with Crippen molar-refractivity contribution < 1.29 is 23.9 Å². The van der Waals surface area contributed by atoms with Gasteiger partial charge in [0, 0.05) is 18.7 Å². The van der Waals surface area contributed by atoms with E-state index in [4.69, 9.17) is 9.47 Å². The summed E-state index contributed by atoms with van der Waals surface area (Å²) in [5.74, 6) is -0.873. The monoisotopic (exact) mass is 378 g/mol. The van der Waals surface area contributed by atoms with Gasteiger partial charge in [0.05, 0.1) is 24.3 Å². The van der Waals surface area contributed by atoms with Crippen molar-refractivity contribution >= 4 is 17.7 Å². The van der Waals surface area contributed by atoms with Gasteiger partial charge in [-0.25, -0.2) is 0 Å². The fraction of sp³-hybridized carbons (Fsp3) is 0.700. The van der Waals surface area contributed by atoms with E-state index in [2.05, 4.69) is 5.10 Å². The zero-order valence-electron chi connectivity index (χ0n) is 16.7. The maximum absolute atomic E-state index is 12.3. The molecule has 1 atom stereocenters. The Morgan fingerprint density at radius 3 is 2.59 bits per heavy atom. The van der Waals surface area contributed by atoms with E-state index in [1.165, 1.54) is 0 Å². The molecule has 0 saturated carbocycles. The molecule has 150 valence electrons. The molecule has 1 aliphatic carbocycles. The molecule has 0 saturated heterocycles. The van der Waals surface area contributed by atoms with E-state index in [9.17, 15) is 14.4 Å². The van der Waals surface area contributed by atoms with Crippen LogP contribution in [-0.4, -0.2) is 40.7 Å². The third kappa shape index (κ3) is 5.65. The smallest absolute Gasteiger partial charge is 0.313 e. The lowest BCUT2D eigenvalue weighted by Crippen LogP contribution is -2.28. The van der Waals surface area contributed by atoms with Crippen molar-refractivity contribution in [3.05, 3.63) is 17.5 Å². The average Bonchev–Trinajstić information content (AvgIpc) is 3.02. The minimum atomic E-state index is -0.569. The van der Waals surface area contributed by atoms with Crippen LogP contribution in [0.25, 0.3) is 0 Å². The first-order valence-electron chi connectivity index (χ1n) is 9.67. The van der Waals surface area contributed by atoms with E-state index in [0.717, 1.165) is 17.7 Å². The third-order valence-corrected chi connectivity index (χ3v) is 4.99. The second kappa shape index (κ2) is 9.15. The van der Waals surface area contributed by atoms with E-state index in [-0.39, 0.29) is 30.7 Å². The van der Waals surface area contributed by atoms with Crippen LogP contribution in [0.1, 0.15) is 58.2 Å². The van der Waals surface area contributed by atoms with Gasteiger partial charge >= 0.3 is 11.9 Å². The number of fused-ring (bicyclic) bond motifs is 1. The van der Waals surface area contributed by atoms with E-state index < -0.39 is 11.4 Å². The lowest BCUT2D eigenvalue weighted by molar-refractivity contribution is -0.154. The van der Waals surface area contributed by atoms with Crippen molar-refractivity contribution in [2.45, 2.75) is 66.3 Å². The number of ether oxygens (including phenoxy) is 2. The van der Waals surface area contributed by atoms with Crippen molar-refractivity contribution in [2.75, 3.05) is 13.2 Å². The number of rotatable bonds is 9. The molecule has 0 aromatic carbocycles. The van der Waals surface area contributed by atoms with Crippen LogP contribution in [0.15, 0.2) is 6.20 Å². The first kappa shape index (κ1) is 21.1. The van der Waals surface area contributed by atoms with Gasteiger partial charge in [0.25, 0.3) is 0 Å². The highest BCUT2D eigenvalue weighted by molar-refractivity contribution is 5.97. The maximum Gasteiger partial charge on any atom is 0.313 e. The summed E-state index contributed by atoms with van der Waals surface area (Å²) < 4.78 is 11.8. The van der Waals surface area contributed by atoms with Crippen molar-refractivity contribution in [3.63, 3.8) is 0 Å². The molecule has 1 aliphatic rings. The molecule has 7 heteroatoms.